The lowest BCUT2D eigenvalue weighted by Gasteiger charge is -2.21. The molecule has 0 spiro atoms. The van der Waals surface area contributed by atoms with Crippen LogP contribution in [0.4, 0.5) is 5.13 Å². The number of amides is 1. The summed E-state index contributed by atoms with van der Waals surface area (Å²) in [5.74, 6) is -0.147. The number of hydrogen-bond acceptors (Lipinski definition) is 5. The van der Waals surface area contributed by atoms with E-state index in [2.05, 4.69) is 10.3 Å². The molecule has 1 fully saturated rings. The van der Waals surface area contributed by atoms with E-state index in [4.69, 9.17) is 9.47 Å². The Kier molecular flexibility index (Phi) is 4.65. The van der Waals surface area contributed by atoms with Crippen molar-refractivity contribution in [3.05, 3.63) is 10.6 Å². The highest BCUT2D eigenvalue weighted by Gasteiger charge is 2.24. The molecule has 6 heteroatoms. The number of carbonyl (C=O) groups is 1. The molecule has 1 aliphatic carbocycles. The first-order chi connectivity index (χ1) is 9.83. The van der Waals surface area contributed by atoms with E-state index in [9.17, 15) is 4.79 Å². The fraction of sp³-hybridized carbons (Fsp3) is 0.714. The van der Waals surface area contributed by atoms with Gasteiger partial charge in [-0.25, -0.2) is 4.98 Å². The van der Waals surface area contributed by atoms with Gasteiger partial charge in [0.15, 0.2) is 11.2 Å². The van der Waals surface area contributed by atoms with Gasteiger partial charge in [0.25, 0.3) is 5.91 Å². The Morgan fingerprint density at radius 1 is 1.20 bits per heavy atom. The Hall–Kier alpha value is -0.980. The summed E-state index contributed by atoms with van der Waals surface area (Å²) >= 11 is 1.61. The van der Waals surface area contributed by atoms with Crippen LogP contribution in [0.5, 0.6) is 0 Å². The first-order valence-electron chi connectivity index (χ1n) is 7.32. The number of fused-ring (bicyclic) bond motifs is 1. The van der Waals surface area contributed by atoms with Gasteiger partial charge in [0, 0.05) is 4.88 Å². The number of aryl methyl sites for hydroxylation is 2. The quantitative estimate of drug-likeness (QED) is 0.908. The molecule has 3 rings (SSSR count). The lowest BCUT2D eigenvalue weighted by atomic mass is 10.0. The van der Waals surface area contributed by atoms with Crippen molar-refractivity contribution in [3.63, 3.8) is 0 Å². The largest absolute Gasteiger partial charge is 0.376 e. The molecule has 20 heavy (non-hydrogen) atoms. The number of nitrogens with one attached hydrogen (secondary N) is 1. The Bertz CT molecular complexity index is 443. The van der Waals surface area contributed by atoms with Crippen LogP contribution >= 0.6 is 11.3 Å². The number of aromatic nitrogens is 1. The van der Waals surface area contributed by atoms with Crippen LogP contribution in [0.15, 0.2) is 0 Å². The van der Waals surface area contributed by atoms with E-state index >= 15 is 0 Å². The number of rotatable bonds is 2. The summed E-state index contributed by atoms with van der Waals surface area (Å²) in [4.78, 5) is 18.0. The molecule has 1 unspecified atom stereocenters. The molecule has 1 aliphatic heterocycles. The smallest absolute Gasteiger partial charge is 0.257 e. The molecule has 1 amide bonds. The standard InChI is InChI=1S/C14H20N2O3S/c17-13(11-9-18-7-8-19-11)16-14-15-10-5-3-1-2-4-6-12(10)20-14/h11H,1-9H2,(H,15,16,17). The predicted molar refractivity (Wildman–Crippen MR) is 77.2 cm³/mol. The average Bonchev–Trinajstić information content (AvgIpc) is 2.81. The Balaban J connectivity index is 1.64. The maximum Gasteiger partial charge on any atom is 0.257 e. The van der Waals surface area contributed by atoms with Gasteiger partial charge in [-0.2, -0.15) is 0 Å². The van der Waals surface area contributed by atoms with Crippen molar-refractivity contribution in [2.75, 3.05) is 25.1 Å². The average molecular weight is 296 g/mol. The molecule has 2 heterocycles. The third-order valence-electron chi connectivity index (χ3n) is 3.68. The Labute approximate surface area is 122 Å². The zero-order chi connectivity index (χ0) is 13.8. The Morgan fingerprint density at radius 3 is 2.85 bits per heavy atom. The van der Waals surface area contributed by atoms with Crippen molar-refractivity contribution in [1.29, 1.82) is 0 Å². The van der Waals surface area contributed by atoms with Gasteiger partial charge in [-0.05, 0) is 25.7 Å². The predicted octanol–water partition coefficient (Wildman–Crippen LogP) is 2.16. The summed E-state index contributed by atoms with van der Waals surface area (Å²) in [5.41, 5.74) is 1.17. The van der Waals surface area contributed by atoms with Gasteiger partial charge in [-0.1, -0.05) is 12.8 Å². The summed E-state index contributed by atoms with van der Waals surface area (Å²) in [6, 6.07) is 0. The van der Waals surface area contributed by atoms with Crippen LogP contribution < -0.4 is 5.32 Å². The molecule has 1 atom stereocenters. The minimum atomic E-state index is -0.504. The normalized spacial score (nSPS) is 23.5. The monoisotopic (exact) mass is 296 g/mol. The van der Waals surface area contributed by atoms with Gasteiger partial charge in [-0.15, -0.1) is 11.3 Å². The number of carbonyl (C=O) groups excluding carboxylic acids is 1. The van der Waals surface area contributed by atoms with Gasteiger partial charge in [0.2, 0.25) is 0 Å². The second-order valence-corrected chi connectivity index (χ2v) is 6.31. The molecule has 0 aromatic carbocycles. The number of nitrogens with zero attached hydrogens (tertiary/aromatic N) is 1. The van der Waals surface area contributed by atoms with Gasteiger partial charge < -0.3 is 9.47 Å². The number of anilines is 1. The molecule has 0 bridgehead atoms. The van der Waals surface area contributed by atoms with Crippen LogP contribution in [-0.2, 0) is 27.1 Å². The van der Waals surface area contributed by atoms with Crippen LogP contribution in [-0.4, -0.2) is 36.8 Å². The van der Waals surface area contributed by atoms with E-state index in [1.165, 1.54) is 36.3 Å². The lowest BCUT2D eigenvalue weighted by molar-refractivity contribution is -0.142. The maximum absolute atomic E-state index is 12.1. The molecule has 5 nitrogen and oxygen atoms in total. The fourth-order valence-electron chi connectivity index (χ4n) is 2.58. The molecule has 0 radical (unpaired) electrons. The van der Waals surface area contributed by atoms with E-state index in [0.717, 1.165) is 12.8 Å². The summed E-state index contributed by atoms with van der Waals surface area (Å²) in [6.07, 6.45) is 6.62. The fourth-order valence-corrected chi connectivity index (χ4v) is 3.64. The van der Waals surface area contributed by atoms with E-state index in [-0.39, 0.29) is 5.91 Å². The van der Waals surface area contributed by atoms with Crippen molar-refractivity contribution >= 4 is 22.4 Å². The van der Waals surface area contributed by atoms with E-state index in [1.807, 2.05) is 0 Å². The summed E-state index contributed by atoms with van der Waals surface area (Å²) < 4.78 is 10.6. The Morgan fingerprint density at radius 2 is 2.05 bits per heavy atom. The highest BCUT2D eigenvalue weighted by atomic mass is 32.1. The number of ether oxygens (including phenoxy) is 2. The van der Waals surface area contributed by atoms with E-state index in [1.54, 1.807) is 11.3 Å². The SMILES string of the molecule is O=C(Nc1nc2c(s1)CCCCCC2)C1COCCO1. The zero-order valence-electron chi connectivity index (χ0n) is 11.5. The van der Waals surface area contributed by atoms with Crippen LogP contribution in [0.2, 0.25) is 0 Å². The molecule has 1 N–H and O–H groups in total. The van der Waals surface area contributed by atoms with Gasteiger partial charge in [0.1, 0.15) is 0 Å². The first kappa shape index (κ1) is 14.0. The van der Waals surface area contributed by atoms with E-state index < -0.39 is 6.10 Å². The maximum atomic E-state index is 12.1. The lowest BCUT2D eigenvalue weighted by Crippen LogP contribution is -2.39. The van der Waals surface area contributed by atoms with Gasteiger partial charge in [0.05, 0.1) is 25.5 Å². The van der Waals surface area contributed by atoms with Gasteiger partial charge in [-0.3, -0.25) is 10.1 Å². The molecule has 1 aromatic heterocycles. The highest BCUT2D eigenvalue weighted by molar-refractivity contribution is 7.15. The molecular weight excluding hydrogens is 276 g/mol. The third kappa shape index (κ3) is 3.37. The zero-order valence-corrected chi connectivity index (χ0v) is 12.3. The molecular formula is C14H20N2O3S. The van der Waals surface area contributed by atoms with Crippen LogP contribution in [0.25, 0.3) is 0 Å². The van der Waals surface area contributed by atoms with Gasteiger partial charge >= 0.3 is 0 Å². The highest BCUT2D eigenvalue weighted by Crippen LogP contribution is 2.28. The topological polar surface area (TPSA) is 60.5 Å². The molecule has 2 aliphatic rings. The van der Waals surface area contributed by atoms with Crippen molar-refractivity contribution < 1.29 is 14.3 Å². The second kappa shape index (κ2) is 6.65. The van der Waals surface area contributed by atoms with Crippen LogP contribution in [0.1, 0.15) is 36.3 Å². The van der Waals surface area contributed by atoms with Crippen LogP contribution in [0.3, 0.4) is 0 Å². The number of thiazole rings is 1. The minimum Gasteiger partial charge on any atom is -0.376 e. The van der Waals surface area contributed by atoms with E-state index in [0.29, 0.717) is 25.0 Å². The molecule has 110 valence electrons. The summed E-state index contributed by atoms with van der Waals surface area (Å²) in [5, 5.41) is 3.58. The second-order valence-electron chi connectivity index (χ2n) is 5.23. The molecule has 0 saturated carbocycles. The summed E-state index contributed by atoms with van der Waals surface area (Å²) in [7, 11) is 0. The van der Waals surface area contributed by atoms with Crippen molar-refractivity contribution in [2.45, 2.75) is 44.6 Å². The first-order valence-corrected chi connectivity index (χ1v) is 8.13. The minimum absolute atomic E-state index is 0.147. The third-order valence-corrected chi connectivity index (χ3v) is 4.76. The number of hydrogen-bond donors (Lipinski definition) is 1. The van der Waals surface area contributed by atoms with Crippen molar-refractivity contribution in [1.82, 2.24) is 4.98 Å². The van der Waals surface area contributed by atoms with Crippen molar-refractivity contribution in [2.24, 2.45) is 0 Å². The molecule has 1 saturated heterocycles. The molecule has 1 aromatic rings. The van der Waals surface area contributed by atoms with Crippen molar-refractivity contribution in [3.8, 4) is 0 Å². The van der Waals surface area contributed by atoms with Crippen LogP contribution in [0, 0.1) is 0 Å². The summed E-state index contributed by atoms with van der Waals surface area (Å²) in [6.45, 7) is 1.37.